The standard InChI is InChI=1S/C13H17N3O2/c1-3-4-9-14-13(18)16-12-7-5-11(6-8-12)15-10(2)17/h4-9H,3H2,1-2H3,(H,15,17)(H2,14,16,18)/b9-4+. The lowest BCUT2D eigenvalue weighted by Gasteiger charge is -2.06. The van der Waals surface area contributed by atoms with E-state index in [1.165, 1.54) is 6.92 Å². The predicted octanol–water partition coefficient (Wildman–Crippen LogP) is 2.69. The highest BCUT2D eigenvalue weighted by molar-refractivity contribution is 5.91. The van der Waals surface area contributed by atoms with Gasteiger partial charge in [-0.2, -0.15) is 0 Å². The van der Waals surface area contributed by atoms with E-state index >= 15 is 0 Å². The number of benzene rings is 1. The van der Waals surface area contributed by atoms with Gasteiger partial charge in [0.05, 0.1) is 0 Å². The Morgan fingerprint density at radius 3 is 2.17 bits per heavy atom. The summed E-state index contributed by atoms with van der Waals surface area (Å²) in [5, 5.41) is 7.89. The van der Waals surface area contributed by atoms with Crippen LogP contribution in [0, 0.1) is 0 Å². The molecular formula is C13H17N3O2. The lowest BCUT2D eigenvalue weighted by Crippen LogP contribution is -2.23. The zero-order valence-corrected chi connectivity index (χ0v) is 10.5. The van der Waals surface area contributed by atoms with E-state index in [2.05, 4.69) is 16.0 Å². The maximum atomic E-state index is 11.4. The highest BCUT2D eigenvalue weighted by Gasteiger charge is 1.99. The first-order valence-electron chi connectivity index (χ1n) is 5.72. The summed E-state index contributed by atoms with van der Waals surface area (Å²) in [6.07, 6.45) is 4.31. The van der Waals surface area contributed by atoms with Crippen molar-refractivity contribution in [3.05, 3.63) is 36.5 Å². The first kappa shape index (κ1) is 13.8. The van der Waals surface area contributed by atoms with Crippen LogP contribution in [0.4, 0.5) is 16.2 Å². The first-order chi connectivity index (χ1) is 8.61. The maximum Gasteiger partial charge on any atom is 0.323 e. The number of carbonyl (C=O) groups is 2. The zero-order chi connectivity index (χ0) is 13.4. The van der Waals surface area contributed by atoms with Crippen molar-refractivity contribution in [2.24, 2.45) is 0 Å². The van der Waals surface area contributed by atoms with Gasteiger partial charge >= 0.3 is 6.03 Å². The normalized spacial score (nSPS) is 10.1. The molecule has 0 fully saturated rings. The van der Waals surface area contributed by atoms with Gasteiger partial charge in [0.1, 0.15) is 0 Å². The molecule has 0 unspecified atom stereocenters. The SMILES string of the molecule is CC/C=C/NC(=O)Nc1ccc(NC(C)=O)cc1. The van der Waals surface area contributed by atoms with Gasteiger partial charge in [-0.3, -0.25) is 4.79 Å². The minimum absolute atomic E-state index is 0.127. The molecule has 1 aromatic carbocycles. The summed E-state index contributed by atoms with van der Waals surface area (Å²) in [7, 11) is 0. The number of carbonyl (C=O) groups excluding carboxylic acids is 2. The van der Waals surface area contributed by atoms with Crippen LogP contribution >= 0.6 is 0 Å². The van der Waals surface area contributed by atoms with Gasteiger partial charge in [-0.1, -0.05) is 13.0 Å². The number of rotatable bonds is 4. The van der Waals surface area contributed by atoms with Crippen LogP contribution in [0.2, 0.25) is 0 Å². The van der Waals surface area contributed by atoms with E-state index in [0.29, 0.717) is 11.4 Å². The Bertz CT molecular complexity index is 438. The Balaban J connectivity index is 2.50. The van der Waals surface area contributed by atoms with Gasteiger partial charge in [-0.15, -0.1) is 0 Å². The number of anilines is 2. The van der Waals surface area contributed by atoms with Crippen molar-refractivity contribution in [2.75, 3.05) is 10.6 Å². The first-order valence-corrected chi connectivity index (χ1v) is 5.72. The smallest absolute Gasteiger partial charge is 0.323 e. The largest absolute Gasteiger partial charge is 0.326 e. The third-order valence-corrected chi connectivity index (χ3v) is 2.03. The van der Waals surface area contributed by atoms with Crippen molar-refractivity contribution in [1.82, 2.24) is 5.32 Å². The van der Waals surface area contributed by atoms with Crippen molar-refractivity contribution < 1.29 is 9.59 Å². The minimum atomic E-state index is -0.299. The number of nitrogens with one attached hydrogen (secondary N) is 3. The molecule has 0 aliphatic heterocycles. The summed E-state index contributed by atoms with van der Waals surface area (Å²) in [4.78, 5) is 22.2. The fourth-order valence-electron chi connectivity index (χ4n) is 1.26. The van der Waals surface area contributed by atoms with Gasteiger partial charge < -0.3 is 16.0 Å². The fourth-order valence-corrected chi connectivity index (χ4v) is 1.26. The average Bonchev–Trinajstić information content (AvgIpc) is 2.31. The molecule has 1 rings (SSSR count). The topological polar surface area (TPSA) is 70.2 Å². The number of urea groups is 1. The highest BCUT2D eigenvalue weighted by atomic mass is 16.2. The van der Waals surface area contributed by atoms with Gasteiger partial charge in [0.15, 0.2) is 0 Å². The van der Waals surface area contributed by atoms with Crippen molar-refractivity contribution in [1.29, 1.82) is 0 Å². The van der Waals surface area contributed by atoms with Crippen molar-refractivity contribution in [3.63, 3.8) is 0 Å². The summed E-state index contributed by atoms with van der Waals surface area (Å²) in [5.41, 5.74) is 1.35. The summed E-state index contributed by atoms with van der Waals surface area (Å²) in [6.45, 7) is 3.43. The molecule has 0 atom stereocenters. The van der Waals surface area contributed by atoms with E-state index < -0.39 is 0 Å². The van der Waals surface area contributed by atoms with Crippen LogP contribution < -0.4 is 16.0 Å². The van der Waals surface area contributed by atoms with Crippen molar-refractivity contribution in [3.8, 4) is 0 Å². The number of hydrogen-bond acceptors (Lipinski definition) is 2. The van der Waals surface area contributed by atoms with Crippen LogP contribution in [0.15, 0.2) is 36.5 Å². The van der Waals surface area contributed by atoms with Gasteiger partial charge in [0.25, 0.3) is 0 Å². The Morgan fingerprint density at radius 1 is 1.11 bits per heavy atom. The molecule has 5 nitrogen and oxygen atoms in total. The molecule has 18 heavy (non-hydrogen) atoms. The Morgan fingerprint density at radius 2 is 1.67 bits per heavy atom. The molecule has 96 valence electrons. The molecule has 0 aliphatic rings. The molecule has 0 radical (unpaired) electrons. The van der Waals surface area contributed by atoms with Crippen molar-refractivity contribution >= 4 is 23.3 Å². The third-order valence-electron chi connectivity index (χ3n) is 2.03. The van der Waals surface area contributed by atoms with E-state index in [1.807, 2.05) is 13.0 Å². The lowest BCUT2D eigenvalue weighted by atomic mass is 10.3. The zero-order valence-electron chi connectivity index (χ0n) is 10.5. The quantitative estimate of drug-likeness (QED) is 0.765. The van der Waals surface area contributed by atoms with Crippen LogP contribution in [0.3, 0.4) is 0 Å². The summed E-state index contributed by atoms with van der Waals surface area (Å²) in [5.74, 6) is -0.127. The summed E-state index contributed by atoms with van der Waals surface area (Å²) in [6, 6.07) is 6.58. The molecule has 5 heteroatoms. The molecule has 0 saturated heterocycles. The molecular weight excluding hydrogens is 230 g/mol. The third kappa shape index (κ3) is 5.16. The highest BCUT2D eigenvalue weighted by Crippen LogP contribution is 2.13. The number of allylic oxidation sites excluding steroid dienone is 1. The minimum Gasteiger partial charge on any atom is -0.326 e. The molecule has 0 saturated carbocycles. The Labute approximate surface area is 106 Å². The predicted molar refractivity (Wildman–Crippen MR) is 72.3 cm³/mol. The molecule has 0 aliphatic carbocycles. The monoisotopic (exact) mass is 247 g/mol. The summed E-state index contributed by atoms with van der Waals surface area (Å²) < 4.78 is 0. The molecule has 0 heterocycles. The summed E-state index contributed by atoms with van der Waals surface area (Å²) >= 11 is 0. The fraction of sp³-hybridized carbons (Fsp3) is 0.231. The molecule has 3 N–H and O–H groups in total. The number of amides is 3. The van der Waals surface area contributed by atoms with E-state index in [-0.39, 0.29) is 11.9 Å². The lowest BCUT2D eigenvalue weighted by molar-refractivity contribution is -0.114. The van der Waals surface area contributed by atoms with Crippen LogP contribution in [-0.2, 0) is 4.79 Å². The second-order valence-corrected chi connectivity index (χ2v) is 3.67. The van der Waals surface area contributed by atoms with Gasteiger partial charge in [0.2, 0.25) is 5.91 Å². The molecule has 1 aromatic rings. The van der Waals surface area contributed by atoms with E-state index in [0.717, 1.165) is 6.42 Å². The van der Waals surface area contributed by atoms with Gasteiger partial charge in [-0.05, 0) is 30.7 Å². The Kier molecular flexibility index (Phi) is 5.44. The molecule has 0 bridgehead atoms. The molecule has 0 aromatic heterocycles. The molecule has 3 amide bonds. The van der Waals surface area contributed by atoms with Gasteiger partial charge in [-0.25, -0.2) is 4.79 Å². The average molecular weight is 247 g/mol. The van der Waals surface area contributed by atoms with E-state index in [4.69, 9.17) is 0 Å². The second kappa shape index (κ2) is 7.11. The van der Waals surface area contributed by atoms with Crippen molar-refractivity contribution in [2.45, 2.75) is 20.3 Å². The van der Waals surface area contributed by atoms with Crippen LogP contribution in [-0.4, -0.2) is 11.9 Å². The van der Waals surface area contributed by atoms with Crippen LogP contribution in [0.1, 0.15) is 20.3 Å². The second-order valence-electron chi connectivity index (χ2n) is 3.67. The number of hydrogen-bond donors (Lipinski definition) is 3. The molecule has 0 spiro atoms. The maximum absolute atomic E-state index is 11.4. The van der Waals surface area contributed by atoms with E-state index in [9.17, 15) is 9.59 Å². The van der Waals surface area contributed by atoms with Gasteiger partial charge in [0, 0.05) is 24.5 Å². The Hall–Kier alpha value is -2.30. The van der Waals surface area contributed by atoms with Crippen LogP contribution in [0.25, 0.3) is 0 Å². The van der Waals surface area contributed by atoms with E-state index in [1.54, 1.807) is 30.5 Å². The van der Waals surface area contributed by atoms with Crippen LogP contribution in [0.5, 0.6) is 0 Å².